The average molecular weight is 416 g/mol. The van der Waals surface area contributed by atoms with Crippen molar-refractivity contribution in [1.82, 2.24) is 0 Å². The molecule has 1 fully saturated rings. The smallest absolute Gasteiger partial charge is 0.255 e. The summed E-state index contributed by atoms with van der Waals surface area (Å²) in [5.41, 5.74) is 4.95. The zero-order valence-electron chi connectivity index (χ0n) is 15.8. The number of primary amides is 1. The van der Waals surface area contributed by atoms with Crippen LogP contribution in [0.4, 0.5) is 0 Å². The Morgan fingerprint density at radius 1 is 1.17 bits per heavy atom. The highest BCUT2D eigenvalue weighted by atomic mass is 16.3. The molecule has 0 bridgehead atoms. The molecule has 1 aromatic carbocycles. The van der Waals surface area contributed by atoms with Crippen molar-refractivity contribution >= 4 is 23.2 Å². The Morgan fingerprint density at radius 3 is 2.40 bits per heavy atom. The first-order valence-electron chi connectivity index (χ1n) is 9.15. The SMILES string of the molecule is C[C@@]1(O)c2cccc(O)c2C(O)=C2C(=O)[C@]3(O)C(O)=C(C(N)=O)C(=O)C(N)[C@@H]3C[C@@H]21. The van der Waals surface area contributed by atoms with Crippen LogP contribution in [0, 0.1) is 11.8 Å². The minimum atomic E-state index is -2.81. The summed E-state index contributed by atoms with van der Waals surface area (Å²) in [5.74, 6) is -8.49. The van der Waals surface area contributed by atoms with Crippen LogP contribution in [0.1, 0.15) is 24.5 Å². The van der Waals surface area contributed by atoms with Crippen molar-refractivity contribution in [3.63, 3.8) is 0 Å². The lowest BCUT2D eigenvalue weighted by Crippen LogP contribution is -2.66. The summed E-state index contributed by atoms with van der Waals surface area (Å²) < 4.78 is 0. The van der Waals surface area contributed by atoms with Gasteiger partial charge in [-0.3, -0.25) is 14.4 Å². The van der Waals surface area contributed by atoms with Crippen LogP contribution in [0.2, 0.25) is 0 Å². The molecule has 5 atom stereocenters. The zero-order valence-corrected chi connectivity index (χ0v) is 15.8. The topological polar surface area (TPSA) is 204 Å². The first kappa shape index (κ1) is 20.1. The van der Waals surface area contributed by atoms with Crippen molar-refractivity contribution in [2.24, 2.45) is 23.3 Å². The van der Waals surface area contributed by atoms with Crippen LogP contribution < -0.4 is 11.5 Å². The van der Waals surface area contributed by atoms with Gasteiger partial charge in [-0.15, -0.1) is 0 Å². The minimum absolute atomic E-state index is 0.139. The number of amides is 1. The number of phenolic OH excluding ortho intramolecular Hbond substituents is 1. The van der Waals surface area contributed by atoms with Crippen LogP contribution in [0.25, 0.3) is 5.76 Å². The Hall–Kier alpha value is -3.21. The van der Waals surface area contributed by atoms with Crippen LogP contribution in [0.5, 0.6) is 5.75 Å². The quantitative estimate of drug-likeness (QED) is 0.281. The Balaban J connectivity index is 2.04. The molecule has 1 unspecified atom stereocenters. The van der Waals surface area contributed by atoms with Gasteiger partial charge in [-0.2, -0.15) is 0 Å². The molecule has 0 heterocycles. The summed E-state index contributed by atoms with van der Waals surface area (Å²) >= 11 is 0. The fourth-order valence-corrected chi connectivity index (χ4v) is 4.97. The number of nitrogens with two attached hydrogens (primary N) is 2. The number of phenols is 1. The van der Waals surface area contributed by atoms with E-state index in [0.29, 0.717) is 0 Å². The molecule has 4 rings (SSSR count). The summed E-state index contributed by atoms with van der Waals surface area (Å²) in [5, 5.41) is 54.0. The predicted octanol–water partition coefficient (Wildman–Crippen LogP) is -0.974. The number of carbonyl (C=O) groups excluding carboxylic acids is 3. The highest BCUT2D eigenvalue weighted by Crippen LogP contribution is 2.56. The molecule has 0 spiro atoms. The van der Waals surface area contributed by atoms with Crippen LogP contribution in [-0.4, -0.2) is 54.6 Å². The third-order valence-electron chi connectivity index (χ3n) is 6.55. The number of rotatable bonds is 1. The number of ketones is 2. The van der Waals surface area contributed by atoms with Crippen LogP contribution in [0.3, 0.4) is 0 Å². The Bertz CT molecular complexity index is 1100. The van der Waals surface area contributed by atoms with Gasteiger partial charge in [-0.25, -0.2) is 0 Å². The number of Topliss-reactive ketones (excluding diaryl/α,β-unsaturated/α-hetero) is 2. The van der Waals surface area contributed by atoms with E-state index < -0.39 is 75.0 Å². The number of benzene rings is 1. The fraction of sp³-hybridized carbons (Fsp3) is 0.350. The normalized spacial score (nSPS) is 35.7. The van der Waals surface area contributed by atoms with Gasteiger partial charge in [0.2, 0.25) is 5.78 Å². The van der Waals surface area contributed by atoms with Crippen molar-refractivity contribution in [1.29, 1.82) is 0 Å². The lowest BCUT2D eigenvalue weighted by atomic mass is 9.55. The maximum Gasteiger partial charge on any atom is 0.255 e. The molecule has 3 aliphatic rings. The second-order valence-electron chi connectivity index (χ2n) is 8.08. The largest absolute Gasteiger partial charge is 0.508 e. The second-order valence-corrected chi connectivity index (χ2v) is 8.08. The monoisotopic (exact) mass is 416 g/mol. The predicted molar refractivity (Wildman–Crippen MR) is 101 cm³/mol. The van der Waals surface area contributed by atoms with Crippen LogP contribution in [-0.2, 0) is 20.0 Å². The summed E-state index contributed by atoms with van der Waals surface area (Å²) in [6.45, 7) is 1.36. The van der Waals surface area contributed by atoms with Gasteiger partial charge in [-0.1, -0.05) is 12.1 Å². The molecule has 3 aliphatic carbocycles. The van der Waals surface area contributed by atoms with Crippen LogP contribution >= 0.6 is 0 Å². The maximum absolute atomic E-state index is 13.4. The van der Waals surface area contributed by atoms with E-state index in [4.69, 9.17) is 11.5 Å². The number of hydrogen-bond donors (Lipinski definition) is 7. The fourth-order valence-electron chi connectivity index (χ4n) is 4.97. The molecule has 0 aliphatic heterocycles. The second kappa shape index (κ2) is 5.91. The van der Waals surface area contributed by atoms with Gasteiger partial charge in [-0.05, 0) is 25.0 Å². The molecule has 0 radical (unpaired) electrons. The van der Waals surface area contributed by atoms with Crippen molar-refractivity contribution < 1.29 is 39.9 Å². The van der Waals surface area contributed by atoms with E-state index in [1.807, 2.05) is 0 Å². The molecule has 158 valence electrons. The Morgan fingerprint density at radius 2 is 1.80 bits per heavy atom. The highest BCUT2D eigenvalue weighted by molar-refractivity contribution is 6.24. The van der Waals surface area contributed by atoms with Gasteiger partial charge in [0.15, 0.2) is 11.4 Å². The van der Waals surface area contributed by atoms with Gasteiger partial charge in [0.1, 0.15) is 22.8 Å². The van der Waals surface area contributed by atoms with Gasteiger partial charge < -0.3 is 37.0 Å². The van der Waals surface area contributed by atoms with Crippen molar-refractivity contribution in [3.05, 3.63) is 46.2 Å². The van der Waals surface area contributed by atoms with Gasteiger partial charge in [0, 0.05) is 17.4 Å². The Labute approximate surface area is 169 Å². The lowest BCUT2D eigenvalue weighted by molar-refractivity contribution is -0.154. The van der Waals surface area contributed by atoms with E-state index in [1.54, 1.807) is 0 Å². The molecule has 9 N–H and O–H groups in total. The molecule has 0 saturated heterocycles. The number of aliphatic hydroxyl groups is 4. The molecule has 1 amide bonds. The molecule has 30 heavy (non-hydrogen) atoms. The highest BCUT2D eigenvalue weighted by Gasteiger charge is 2.65. The minimum Gasteiger partial charge on any atom is -0.508 e. The summed E-state index contributed by atoms with van der Waals surface area (Å²) in [6, 6.07) is 2.59. The van der Waals surface area contributed by atoms with Gasteiger partial charge in [0.05, 0.1) is 17.2 Å². The van der Waals surface area contributed by atoms with E-state index in [0.717, 1.165) is 0 Å². The first-order valence-corrected chi connectivity index (χ1v) is 9.15. The van der Waals surface area contributed by atoms with Gasteiger partial charge >= 0.3 is 0 Å². The third-order valence-corrected chi connectivity index (χ3v) is 6.55. The number of fused-ring (bicyclic) bond motifs is 3. The van der Waals surface area contributed by atoms with Crippen LogP contribution in [0.15, 0.2) is 35.1 Å². The molecule has 10 nitrogen and oxygen atoms in total. The number of aliphatic hydroxyl groups excluding tert-OH is 2. The summed E-state index contributed by atoms with van der Waals surface area (Å²) in [6.07, 6.45) is -0.285. The van der Waals surface area contributed by atoms with Crippen molar-refractivity contribution in [2.75, 3.05) is 0 Å². The number of aromatic hydroxyl groups is 1. The number of hydrogen-bond acceptors (Lipinski definition) is 9. The lowest BCUT2D eigenvalue weighted by Gasteiger charge is -2.51. The van der Waals surface area contributed by atoms with Crippen molar-refractivity contribution in [3.8, 4) is 5.75 Å². The standard InChI is InChI=1S/C20H20N2O8/c1-19(29)6-3-2-4-9(23)10(6)14(24)11-7(19)5-8-13(21)15(25)12(18(22)28)17(27)20(8,30)16(11)26/h2-4,7-8,13,23-24,27,29-30H,5,21H2,1H3,(H2,22,28)/t7-,8-,13?,19+,20-/m0/s1. The first-order chi connectivity index (χ1) is 13.9. The van der Waals surface area contributed by atoms with E-state index >= 15 is 0 Å². The van der Waals surface area contributed by atoms with Crippen molar-refractivity contribution in [2.45, 2.75) is 30.6 Å². The zero-order chi connectivity index (χ0) is 22.3. The van der Waals surface area contributed by atoms with E-state index in [9.17, 15) is 39.9 Å². The Kier molecular flexibility index (Phi) is 3.95. The maximum atomic E-state index is 13.4. The molecule has 1 aromatic rings. The average Bonchev–Trinajstić information content (AvgIpc) is 2.66. The molecule has 1 saturated carbocycles. The van der Waals surface area contributed by atoms with E-state index in [2.05, 4.69) is 0 Å². The molecular weight excluding hydrogens is 396 g/mol. The van der Waals surface area contributed by atoms with E-state index in [-0.39, 0.29) is 17.5 Å². The molecule has 0 aromatic heterocycles. The summed E-state index contributed by atoms with van der Waals surface area (Å²) in [7, 11) is 0. The third kappa shape index (κ3) is 2.15. The molecular formula is C20H20N2O8. The van der Waals surface area contributed by atoms with Gasteiger partial charge in [0.25, 0.3) is 5.91 Å². The van der Waals surface area contributed by atoms with E-state index in [1.165, 1.54) is 25.1 Å². The molecule has 10 heteroatoms. The number of carbonyl (C=O) groups is 3. The summed E-state index contributed by atoms with van der Waals surface area (Å²) in [4.78, 5) is 37.6.